The van der Waals surface area contributed by atoms with Gasteiger partial charge >= 0.3 is 0 Å². The Labute approximate surface area is 131 Å². The number of nitrogens with zero attached hydrogens (tertiary/aromatic N) is 4. The van der Waals surface area contributed by atoms with Crippen LogP contribution in [0.25, 0.3) is 26.3 Å². The van der Waals surface area contributed by atoms with Crippen LogP contribution in [0.2, 0.25) is 0 Å². The average Bonchev–Trinajstić information content (AvgIpc) is 3.13. The van der Waals surface area contributed by atoms with Crippen LogP contribution in [0.15, 0.2) is 36.4 Å². The van der Waals surface area contributed by atoms with Gasteiger partial charge in [0.25, 0.3) is 0 Å². The van der Waals surface area contributed by atoms with Crippen LogP contribution < -0.4 is 4.74 Å². The van der Waals surface area contributed by atoms with Crippen LogP contribution in [-0.4, -0.2) is 26.9 Å². The third-order valence-electron chi connectivity index (χ3n) is 3.67. The summed E-state index contributed by atoms with van der Waals surface area (Å²) in [5.41, 5.74) is 0.985. The van der Waals surface area contributed by atoms with E-state index in [1.807, 2.05) is 29.6 Å². The van der Waals surface area contributed by atoms with E-state index in [0.717, 1.165) is 38.9 Å². The van der Waals surface area contributed by atoms with Gasteiger partial charge in [0.1, 0.15) is 5.75 Å². The fourth-order valence-electron chi connectivity index (χ4n) is 2.54. The minimum Gasteiger partial charge on any atom is -0.496 e. The van der Waals surface area contributed by atoms with Crippen LogP contribution in [0.3, 0.4) is 0 Å². The molecule has 0 saturated carbocycles. The largest absolute Gasteiger partial charge is 0.496 e. The molecule has 2 heterocycles. The highest BCUT2D eigenvalue weighted by Gasteiger charge is 2.15. The first kappa shape index (κ1) is 13.2. The maximum atomic E-state index is 5.56. The quantitative estimate of drug-likeness (QED) is 0.580. The molecule has 0 fully saturated rings. The van der Waals surface area contributed by atoms with Crippen molar-refractivity contribution < 1.29 is 4.74 Å². The normalized spacial score (nSPS) is 11.4. The van der Waals surface area contributed by atoms with Crippen LogP contribution in [0, 0.1) is 0 Å². The van der Waals surface area contributed by atoms with Gasteiger partial charge in [-0.2, -0.15) is 9.61 Å². The Balaban J connectivity index is 1.95. The monoisotopic (exact) mass is 310 g/mol. The minimum absolute atomic E-state index is 0.805. The van der Waals surface area contributed by atoms with Crippen LogP contribution >= 0.6 is 11.3 Å². The summed E-state index contributed by atoms with van der Waals surface area (Å²) >= 11 is 1.52. The SMILES string of the molecule is CCc1nnc2sc(-c3cc4ccccc4cc3OC)nn12. The molecule has 0 unspecified atom stereocenters. The molecular weight excluding hydrogens is 296 g/mol. The molecule has 0 saturated heterocycles. The zero-order valence-corrected chi connectivity index (χ0v) is 13.1. The molecule has 0 bridgehead atoms. The van der Waals surface area contributed by atoms with Gasteiger partial charge in [0.05, 0.1) is 12.7 Å². The molecule has 0 spiro atoms. The smallest absolute Gasteiger partial charge is 0.234 e. The van der Waals surface area contributed by atoms with Crippen LogP contribution in [-0.2, 0) is 6.42 Å². The predicted molar refractivity (Wildman–Crippen MR) is 87.5 cm³/mol. The highest BCUT2D eigenvalue weighted by Crippen LogP contribution is 2.36. The van der Waals surface area contributed by atoms with Crippen molar-refractivity contribution in [1.29, 1.82) is 0 Å². The molecule has 4 rings (SSSR count). The second kappa shape index (κ2) is 5.06. The summed E-state index contributed by atoms with van der Waals surface area (Å²) in [7, 11) is 1.69. The number of aromatic nitrogens is 4. The first-order valence-electron chi connectivity index (χ1n) is 7.08. The zero-order chi connectivity index (χ0) is 15.1. The first-order valence-corrected chi connectivity index (χ1v) is 7.90. The van der Waals surface area contributed by atoms with Crippen molar-refractivity contribution in [3.8, 4) is 16.3 Å². The van der Waals surface area contributed by atoms with Gasteiger partial charge in [0, 0.05) is 6.42 Å². The highest BCUT2D eigenvalue weighted by molar-refractivity contribution is 7.19. The topological polar surface area (TPSA) is 52.3 Å². The second-order valence-corrected chi connectivity index (χ2v) is 5.93. The van der Waals surface area contributed by atoms with E-state index in [-0.39, 0.29) is 0 Å². The summed E-state index contributed by atoms with van der Waals surface area (Å²) in [6, 6.07) is 12.4. The molecule has 0 aliphatic carbocycles. The van der Waals surface area contributed by atoms with Crippen LogP contribution in [0.5, 0.6) is 5.75 Å². The molecule has 0 aliphatic rings. The lowest BCUT2D eigenvalue weighted by molar-refractivity contribution is 0.417. The summed E-state index contributed by atoms with van der Waals surface area (Å²) < 4.78 is 7.37. The molecule has 5 nitrogen and oxygen atoms in total. The van der Waals surface area contributed by atoms with Gasteiger partial charge in [-0.1, -0.05) is 42.5 Å². The van der Waals surface area contributed by atoms with E-state index in [2.05, 4.69) is 33.5 Å². The number of hydrogen-bond donors (Lipinski definition) is 0. The summed E-state index contributed by atoms with van der Waals surface area (Å²) in [6.07, 6.45) is 0.805. The summed E-state index contributed by atoms with van der Waals surface area (Å²) in [5, 5.41) is 16.2. The average molecular weight is 310 g/mol. The van der Waals surface area contributed by atoms with Gasteiger partial charge < -0.3 is 4.74 Å². The number of aryl methyl sites for hydroxylation is 1. The lowest BCUT2D eigenvalue weighted by atomic mass is 10.1. The Morgan fingerprint density at radius 3 is 2.64 bits per heavy atom. The number of ether oxygens (including phenoxy) is 1. The van der Waals surface area contributed by atoms with Gasteiger partial charge in [0.2, 0.25) is 4.96 Å². The summed E-state index contributed by atoms with van der Waals surface area (Å²) in [4.78, 5) is 0.807. The van der Waals surface area contributed by atoms with Crippen molar-refractivity contribution in [2.75, 3.05) is 7.11 Å². The molecule has 110 valence electrons. The molecule has 4 aromatic rings. The Kier molecular flexibility index (Phi) is 3.04. The number of hydrogen-bond acceptors (Lipinski definition) is 5. The van der Waals surface area contributed by atoms with Gasteiger partial charge in [-0.15, -0.1) is 10.2 Å². The molecule has 2 aromatic carbocycles. The Hall–Kier alpha value is -2.47. The van der Waals surface area contributed by atoms with Gasteiger partial charge in [-0.25, -0.2) is 0 Å². The Morgan fingerprint density at radius 1 is 1.14 bits per heavy atom. The summed E-state index contributed by atoms with van der Waals surface area (Å²) in [5.74, 6) is 1.69. The van der Waals surface area contributed by atoms with Crippen molar-refractivity contribution in [3.63, 3.8) is 0 Å². The third-order valence-corrected chi connectivity index (χ3v) is 4.60. The first-order chi connectivity index (χ1) is 10.8. The van der Waals surface area contributed by atoms with Crippen molar-refractivity contribution in [1.82, 2.24) is 19.8 Å². The van der Waals surface area contributed by atoms with E-state index < -0.39 is 0 Å². The number of benzene rings is 2. The summed E-state index contributed by atoms with van der Waals surface area (Å²) in [6.45, 7) is 2.05. The van der Waals surface area contributed by atoms with E-state index in [4.69, 9.17) is 4.74 Å². The number of fused-ring (bicyclic) bond motifs is 2. The number of rotatable bonds is 3. The molecular formula is C16H14N4OS. The Morgan fingerprint density at radius 2 is 1.91 bits per heavy atom. The van der Waals surface area contributed by atoms with Crippen molar-refractivity contribution >= 4 is 27.1 Å². The van der Waals surface area contributed by atoms with Crippen molar-refractivity contribution in [2.24, 2.45) is 0 Å². The molecule has 0 atom stereocenters. The lowest BCUT2D eigenvalue weighted by Gasteiger charge is -2.08. The van der Waals surface area contributed by atoms with E-state index in [9.17, 15) is 0 Å². The molecule has 0 aliphatic heterocycles. The maximum absolute atomic E-state index is 5.56. The van der Waals surface area contributed by atoms with Crippen LogP contribution in [0.1, 0.15) is 12.7 Å². The molecule has 0 radical (unpaired) electrons. The lowest BCUT2D eigenvalue weighted by Crippen LogP contribution is -1.94. The minimum atomic E-state index is 0.805. The van der Waals surface area contributed by atoms with E-state index in [0.29, 0.717) is 0 Å². The van der Waals surface area contributed by atoms with E-state index in [1.54, 1.807) is 7.11 Å². The Bertz CT molecular complexity index is 973. The van der Waals surface area contributed by atoms with E-state index >= 15 is 0 Å². The highest BCUT2D eigenvalue weighted by atomic mass is 32.1. The number of methoxy groups -OCH3 is 1. The van der Waals surface area contributed by atoms with Crippen molar-refractivity contribution in [2.45, 2.75) is 13.3 Å². The fourth-order valence-corrected chi connectivity index (χ4v) is 3.42. The van der Waals surface area contributed by atoms with Gasteiger partial charge in [-0.05, 0) is 22.9 Å². The zero-order valence-electron chi connectivity index (χ0n) is 12.3. The third kappa shape index (κ3) is 1.95. The van der Waals surface area contributed by atoms with Crippen molar-refractivity contribution in [3.05, 3.63) is 42.2 Å². The van der Waals surface area contributed by atoms with E-state index in [1.165, 1.54) is 16.7 Å². The molecule has 0 amide bonds. The van der Waals surface area contributed by atoms with Gasteiger partial charge in [-0.3, -0.25) is 0 Å². The molecule has 2 aromatic heterocycles. The second-order valence-electron chi connectivity index (χ2n) is 4.97. The standard InChI is InChI=1S/C16H14N4OS/c1-3-14-17-18-16-20(14)19-15(22-16)12-8-10-6-4-5-7-11(10)9-13(12)21-2/h4-9H,3H2,1-2H3. The fraction of sp³-hybridized carbons (Fsp3) is 0.188. The molecule has 22 heavy (non-hydrogen) atoms. The van der Waals surface area contributed by atoms with Crippen LogP contribution in [0.4, 0.5) is 0 Å². The maximum Gasteiger partial charge on any atom is 0.234 e. The van der Waals surface area contributed by atoms with Gasteiger partial charge in [0.15, 0.2) is 10.8 Å². The predicted octanol–water partition coefficient (Wildman–Crippen LogP) is 3.58. The molecule has 0 N–H and O–H groups in total. The molecule has 6 heteroatoms.